The van der Waals surface area contributed by atoms with Gasteiger partial charge in [0.05, 0.1) is 36.6 Å². The molecule has 1 amide bonds. The van der Waals surface area contributed by atoms with E-state index in [0.717, 1.165) is 42.2 Å². The van der Waals surface area contributed by atoms with Gasteiger partial charge in [0.1, 0.15) is 0 Å². The lowest BCUT2D eigenvalue weighted by atomic mass is 9.49. The topological polar surface area (TPSA) is 106 Å². The highest BCUT2D eigenvalue weighted by Crippen LogP contribution is 2.59. The number of halogens is 2. The molecular formula is C30H28ClFN4O4. The van der Waals surface area contributed by atoms with Crippen LogP contribution in [-0.2, 0) is 11.3 Å². The van der Waals surface area contributed by atoms with Crippen LogP contribution in [0.4, 0.5) is 4.39 Å². The number of pyridine rings is 1. The molecule has 6 rings (SSSR count). The van der Waals surface area contributed by atoms with E-state index in [-0.39, 0.29) is 35.5 Å². The Morgan fingerprint density at radius 2 is 1.95 bits per heavy atom. The van der Waals surface area contributed by atoms with E-state index in [0.29, 0.717) is 28.3 Å². The predicted octanol–water partition coefficient (Wildman–Crippen LogP) is 5.71. The number of carbonyl (C=O) groups excluding carboxylic acids is 1. The molecule has 0 unspecified atom stereocenters. The van der Waals surface area contributed by atoms with Crippen molar-refractivity contribution in [1.82, 2.24) is 20.1 Å². The van der Waals surface area contributed by atoms with Crippen molar-refractivity contribution in [2.75, 3.05) is 7.11 Å². The summed E-state index contributed by atoms with van der Waals surface area (Å²) < 4.78 is 20.6. The number of nitrogens with zero attached hydrogens (tertiary/aromatic N) is 3. The second-order valence-electron chi connectivity index (χ2n) is 11.0. The fourth-order valence-electron chi connectivity index (χ4n) is 6.41. The van der Waals surface area contributed by atoms with Crippen molar-refractivity contribution >= 4 is 34.4 Å². The number of rotatable bonds is 8. The van der Waals surface area contributed by atoms with E-state index in [2.05, 4.69) is 15.4 Å². The Morgan fingerprint density at radius 3 is 2.65 bits per heavy atom. The number of amides is 1. The van der Waals surface area contributed by atoms with Gasteiger partial charge in [-0.3, -0.25) is 19.3 Å². The Labute approximate surface area is 235 Å². The minimum absolute atomic E-state index is 0.0607. The molecule has 2 heterocycles. The average Bonchev–Trinajstić information content (AvgIpc) is 3.28. The zero-order valence-corrected chi connectivity index (χ0v) is 22.6. The van der Waals surface area contributed by atoms with Crippen molar-refractivity contribution < 1.29 is 23.8 Å². The molecule has 40 heavy (non-hydrogen) atoms. The third-order valence-electron chi connectivity index (χ3n) is 8.15. The summed E-state index contributed by atoms with van der Waals surface area (Å²) in [6.07, 6.45) is 7.23. The monoisotopic (exact) mass is 562 g/mol. The fraction of sp³-hybridized carbons (Fsp3) is 0.333. The highest BCUT2D eigenvalue weighted by atomic mass is 35.5. The van der Waals surface area contributed by atoms with Crippen LogP contribution < -0.4 is 10.1 Å². The summed E-state index contributed by atoms with van der Waals surface area (Å²) in [7, 11) is 1.42. The molecule has 2 saturated carbocycles. The Balaban J connectivity index is 1.17. The highest BCUT2D eigenvalue weighted by molar-refractivity contribution is 6.32. The second-order valence-corrected chi connectivity index (χ2v) is 11.5. The van der Waals surface area contributed by atoms with E-state index in [4.69, 9.17) is 21.4 Å². The first-order chi connectivity index (χ1) is 19.2. The van der Waals surface area contributed by atoms with Gasteiger partial charge in [-0.15, -0.1) is 0 Å². The van der Waals surface area contributed by atoms with Crippen molar-refractivity contribution in [2.24, 2.45) is 11.3 Å². The number of benzene rings is 2. The summed E-state index contributed by atoms with van der Waals surface area (Å²) >= 11 is 6.36. The molecule has 2 aromatic carbocycles. The summed E-state index contributed by atoms with van der Waals surface area (Å²) in [5.41, 5.74) is 3.63. The van der Waals surface area contributed by atoms with Crippen molar-refractivity contribution in [1.29, 1.82) is 0 Å². The third-order valence-corrected chi connectivity index (χ3v) is 8.37. The lowest BCUT2D eigenvalue weighted by molar-refractivity contribution is -0.142. The fourth-order valence-corrected chi connectivity index (χ4v) is 6.64. The molecule has 0 bridgehead atoms. The van der Waals surface area contributed by atoms with Crippen molar-refractivity contribution in [3.63, 3.8) is 0 Å². The minimum Gasteiger partial charge on any atom is -0.494 e. The third kappa shape index (κ3) is 5.01. The summed E-state index contributed by atoms with van der Waals surface area (Å²) in [5.74, 6) is -0.973. The number of hydrogen-bond acceptors (Lipinski definition) is 5. The molecule has 1 spiro atoms. The number of carboxylic acids is 1. The van der Waals surface area contributed by atoms with Crippen LogP contribution in [0.1, 0.15) is 48.0 Å². The SMILES string of the molecule is COc1cc(-c2ccc(Cn3ncc4cc(Cl)cc(C(=O)NC5CC6(CC(CC(=O)O)C6)C5)c43)cn2)ccc1F. The maximum atomic E-state index is 13.8. The van der Waals surface area contributed by atoms with Crippen LogP contribution in [0, 0.1) is 17.2 Å². The van der Waals surface area contributed by atoms with Crippen LogP contribution >= 0.6 is 11.6 Å². The maximum absolute atomic E-state index is 13.8. The largest absolute Gasteiger partial charge is 0.494 e. The van der Waals surface area contributed by atoms with Crippen LogP contribution in [-0.4, -0.2) is 44.9 Å². The standard InChI is InChI=1S/C30H28ClFN4O4/c1-40-26-8-19(3-4-24(26)32)25-5-2-17(14-33-25)16-36-28-20(15-34-36)7-21(31)9-23(28)29(39)35-22-12-30(13-22)10-18(11-30)6-27(37)38/h2-5,7-9,14-15,18,22H,6,10-13,16H2,1H3,(H,35,39)(H,37,38). The average molecular weight is 563 g/mol. The smallest absolute Gasteiger partial charge is 0.303 e. The van der Waals surface area contributed by atoms with E-state index < -0.39 is 11.8 Å². The molecule has 2 aromatic heterocycles. The molecule has 2 aliphatic rings. The van der Waals surface area contributed by atoms with Gasteiger partial charge in [0.15, 0.2) is 11.6 Å². The molecule has 0 atom stereocenters. The highest BCUT2D eigenvalue weighted by Gasteiger charge is 2.53. The van der Waals surface area contributed by atoms with E-state index >= 15 is 0 Å². The molecule has 2 fully saturated rings. The van der Waals surface area contributed by atoms with Crippen molar-refractivity contribution in [3.8, 4) is 17.0 Å². The van der Waals surface area contributed by atoms with Gasteiger partial charge >= 0.3 is 5.97 Å². The van der Waals surface area contributed by atoms with E-state index in [1.807, 2.05) is 12.1 Å². The summed E-state index contributed by atoms with van der Waals surface area (Å²) in [4.78, 5) is 28.9. The van der Waals surface area contributed by atoms with Crippen LogP contribution in [0.25, 0.3) is 22.2 Å². The van der Waals surface area contributed by atoms with Gasteiger partial charge < -0.3 is 15.2 Å². The Kier molecular flexibility index (Phi) is 6.70. The number of aromatic nitrogens is 3. The van der Waals surface area contributed by atoms with Gasteiger partial charge in [0.2, 0.25) is 0 Å². The van der Waals surface area contributed by atoms with Crippen LogP contribution in [0.3, 0.4) is 0 Å². The first kappa shape index (κ1) is 26.3. The molecule has 2 N–H and O–H groups in total. The minimum atomic E-state index is -0.745. The van der Waals surface area contributed by atoms with Gasteiger partial charge in [0.25, 0.3) is 5.91 Å². The molecule has 0 saturated heterocycles. The molecular weight excluding hydrogens is 535 g/mol. The first-order valence-corrected chi connectivity index (χ1v) is 13.6. The van der Waals surface area contributed by atoms with Gasteiger partial charge in [-0.2, -0.15) is 5.10 Å². The second kappa shape index (κ2) is 10.2. The Morgan fingerprint density at radius 1 is 1.15 bits per heavy atom. The predicted molar refractivity (Wildman–Crippen MR) is 148 cm³/mol. The summed E-state index contributed by atoms with van der Waals surface area (Å²) in [5, 5.41) is 17.9. The number of methoxy groups -OCH3 is 1. The number of carbonyl (C=O) groups is 2. The first-order valence-electron chi connectivity index (χ1n) is 13.2. The molecule has 8 nitrogen and oxygen atoms in total. The normalized spacial score (nSPS) is 21.6. The number of carboxylic acid groups (broad SMARTS) is 1. The zero-order chi connectivity index (χ0) is 28.0. The summed E-state index contributed by atoms with van der Waals surface area (Å²) in [6, 6.07) is 11.9. The van der Waals surface area contributed by atoms with Crippen LogP contribution in [0.2, 0.25) is 5.02 Å². The molecule has 2 aliphatic carbocycles. The number of fused-ring (bicyclic) bond motifs is 1. The molecule has 4 aromatic rings. The lowest BCUT2D eigenvalue weighted by Crippen LogP contribution is -2.56. The molecule has 206 valence electrons. The van der Waals surface area contributed by atoms with E-state index in [1.165, 1.54) is 13.2 Å². The number of hydrogen-bond donors (Lipinski definition) is 2. The van der Waals surface area contributed by atoms with Crippen LogP contribution in [0.15, 0.2) is 54.9 Å². The molecule has 0 radical (unpaired) electrons. The summed E-state index contributed by atoms with van der Waals surface area (Å²) in [6.45, 7) is 0.392. The zero-order valence-electron chi connectivity index (χ0n) is 21.9. The van der Waals surface area contributed by atoms with Gasteiger partial charge in [0, 0.05) is 34.6 Å². The number of nitrogens with one attached hydrogen (secondary N) is 1. The number of ether oxygens (including phenoxy) is 1. The Bertz CT molecular complexity index is 1610. The quantitative estimate of drug-likeness (QED) is 0.285. The van der Waals surface area contributed by atoms with Crippen molar-refractivity contribution in [2.45, 2.75) is 44.7 Å². The van der Waals surface area contributed by atoms with Gasteiger partial charge in [-0.1, -0.05) is 17.7 Å². The number of aliphatic carboxylic acids is 1. The van der Waals surface area contributed by atoms with Gasteiger partial charge in [-0.05, 0) is 79.0 Å². The van der Waals surface area contributed by atoms with Gasteiger partial charge in [-0.25, -0.2) is 4.39 Å². The Hall–Kier alpha value is -3.98. The van der Waals surface area contributed by atoms with E-state index in [9.17, 15) is 14.0 Å². The van der Waals surface area contributed by atoms with Crippen LogP contribution in [0.5, 0.6) is 5.75 Å². The maximum Gasteiger partial charge on any atom is 0.303 e. The molecule has 10 heteroatoms. The van der Waals surface area contributed by atoms with E-state index in [1.54, 1.807) is 41.3 Å². The van der Waals surface area contributed by atoms with Crippen molar-refractivity contribution in [3.05, 3.63) is 76.8 Å². The molecule has 0 aliphatic heterocycles. The lowest BCUT2D eigenvalue weighted by Gasteiger charge is -2.57.